The van der Waals surface area contributed by atoms with Gasteiger partial charge in [0, 0.05) is 16.7 Å². The minimum Gasteiger partial charge on any atom is -0.478 e. The molecule has 0 aromatic heterocycles. The van der Waals surface area contributed by atoms with Crippen LogP contribution in [0.1, 0.15) is 36.5 Å². The summed E-state index contributed by atoms with van der Waals surface area (Å²) in [5, 5.41) is 12.1. The highest BCUT2D eigenvalue weighted by Gasteiger charge is 2.05. The molecule has 0 heterocycles. The van der Waals surface area contributed by atoms with Gasteiger partial charge >= 0.3 is 5.97 Å². The lowest BCUT2D eigenvalue weighted by molar-refractivity contribution is 0.0697. The first-order chi connectivity index (χ1) is 7.63. The van der Waals surface area contributed by atoms with E-state index in [0.717, 1.165) is 23.1 Å². The SMILES string of the molecule is CCCCCNc1cc(Br)cc(C(=O)O)c1. The Morgan fingerprint density at radius 1 is 1.38 bits per heavy atom. The molecular formula is C12H16BrNO2. The van der Waals surface area contributed by atoms with Gasteiger partial charge in [-0.05, 0) is 24.6 Å². The summed E-state index contributed by atoms with van der Waals surface area (Å²) in [6.07, 6.45) is 3.47. The van der Waals surface area contributed by atoms with E-state index in [2.05, 4.69) is 28.2 Å². The van der Waals surface area contributed by atoms with E-state index in [0.29, 0.717) is 5.56 Å². The van der Waals surface area contributed by atoms with Crippen molar-refractivity contribution in [1.82, 2.24) is 0 Å². The zero-order chi connectivity index (χ0) is 12.0. The van der Waals surface area contributed by atoms with Crippen LogP contribution in [0.5, 0.6) is 0 Å². The average Bonchev–Trinajstić information content (AvgIpc) is 2.23. The van der Waals surface area contributed by atoms with Crippen molar-refractivity contribution in [2.24, 2.45) is 0 Å². The molecular weight excluding hydrogens is 270 g/mol. The second-order valence-corrected chi connectivity index (χ2v) is 4.58. The fourth-order valence-electron chi connectivity index (χ4n) is 1.42. The molecule has 1 rings (SSSR count). The van der Waals surface area contributed by atoms with Crippen LogP contribution in [0.15, 0.2) is 22.7 Å². The minimum atomic E-state index is -0.905. The average molecular weight is 286 g/mol. The van der Waals surface area contributed by atoms with Crippen molar-refractivity contribution in [1.29, 1.82) is 0 Å². The Hall–Kier alpha value is -1.03. The predicted octanol–water partition coefficient (Wildman–Crippen LogP) is 3.75. The van der Waals surface area contributed by atoms with Crippen molar-refractivity contribution >= 4 is 27.6 Å². The van der Waals surface area contributed by atoms with Crippen LogP contribution in [0.25, 0.3) is 0 Å². The predicted molar refractivity (Wildman–Crippen MR) is 69.1 cm³/mol. The van der Waals surface area contributed by atoms with Crippen LogP contribution in [-0.2, 0) is 0 Å². The molecule has 4 heteroatoms. The van der Waals surface area contributed by atoms with Crippen molar-refractivity contribution in [2.75, 3.05) is 11.9 Å². The van der Waals surface area contributed by atoms with Gasteiger partial charge in [-0.15, -0.1) is 0 Å². The van der Waals surface area contributed by atoms with E-state index < -0.39 is 5.97 Å². The van der Waals surface area contributed by atoms with E-state index in [4.69, 9.17) is 5.11 Å². The molecule has 0 aliphatic carbocycles. The summed E-state index contributed by atoms with van der Waals surface area (Å²) in [7, 11) is 0. The Labute approximate surface area is 104 Å². The van der Waals surface area contributed by atoms with Crippen LogP contribution in [0.3, 0.4) is 0 Å². The first kappa shape index (κ1) is 13.0. The summed E-state index contributed by atoms with van der Waals surface area (Å²) < 4.78 is 0.783. The maximum Gasteiger partial charge on any atom is 0.335 e. The Morgan fingerprint density at radius 3 is 2.75 bits per heavy atom. The van der Waals surface area contributed by atoms with Gasteiger partial charge in [-0.1, -0.05) is 35.7 Å². The first-order valence-electron chi connectivity index (χ1n) is 5.41. The van der Waals surface area contributed by atoms with Gasteiger partial charge in [0.25, 0.3) is 0 Å². The van der Waals surface area contributed by atoms with Crippen LogP contribution < -0.4 is 5.32 Å². The number of carboxylic acid groups (broad SMARTS) is 1. The maximum atomic E-state index is 10.8. The van der Waals surface area contributed by atoms with E-state index in [1.54, 1.807) is 12.1 Å². The maximum absolute atomic E-state index is 10.8. The van der Waals surface area contributed by atoms with Gasteiger partial charge in [0.2, 0.25) is 0 Å². The Balaban J connectivity index is 2.62. The molecule has 0 fully saturated rings. The number of anilines is 1. The topological polar surface area (TPSA) is 49.3 Å². The molecule has 0 atom stereocenters. The summed E-state index contributed by atoms with van der Waals surface area (Å²) >= 11 is 3.30. The third kappa shape index (κ3) is 4.23. The van der Waals surface area contributed by atoms with Crippen molar-refractivity contribution < 1.29 is 9.90 Å². The summed E-state index contributed by atoms with van der Waals surface area (Å²) in [5.74, 6) is -0.905. The highest BCUT2D eigenvalue weighted by atomic mass is 79.9. The summed E-state index contributed by atoms with van der Waals surface area (Å²) in [5.41, 5.74) is 1.15. The monoisotopic (exact) mass is 285 g/mol. The van der Waals surface area contributed by atoms with Crippen molar-refractivity contribution in [3.05, 3.63) is 28.2 Å². The van der Waals surface area contributed by atoms with Gasteiger partial charge in [0.05, 0.1) is 5.56 Å². The lowest BCUT2D eigenvalue weighted by atomic mass is 10.2. The molecule has 1 aromatic rings. The van der Waals surface area contributed by atoms with E-state index in [1.807, 2.05) is 6.07 Å². The number of rotatable bonds is 6. The number of halogens is 1. The van der Waals surface area contributed by atoms with E-state index in [-0.39, 0.29) is 0 Å². The molecule has 0 aliphatic heterocycles. The molecule has 0 amide bonds. The number of carboxylic acids is 1. The summed E-state index contributed by atoms with van der Waals surface area (Å²) in [4.78, 5) is 10.8. The van der Waals surface area contributed by atoms with Gasteiger partial charge in [-0.25, -0.2) is 4.79 Å². The Morgan fingerprint density at radius 2 is 2.12 bits per heavy atom. The molecule has 16 heavy (non-hydrogen) atoms. The van der Waals surface area contributed by atoms with Gasteiger partial charge < -0.3 is 10.4 Å². The number of hydrogen-bond acceptors (Lipinski definition) is 2. The van der Waals surface area contributed by atoms with E-state index in [9.17, 15) is 4.79 Å². The van der Waals surface area contributed by atoms with E-state index in [1.165, 1.54) is 12.8 Å². The highest BCUT2D eigenvalue weighted by Crippen LogP contribution is 2.19. The third-order valence-corrected chi connectivity index (χ3v) is 2.71. The number of hydrogen-bond donors (Lipinski definition) is 2. The van der Waals surface area contributed by atoms with Crippen LogP contribution in [-0.4, -0.2) is 17.6 Å². The van der Waals surface area contributed by atoms with Gasteiger partial charge in [-0.3, -0.25) is 0 Å². The normalized spacial score (nSPS) is 10.1. The van der Waals surface area contributed by atoms with Crippen molar-refractivity contribution in [3.8, 4) is 0 Å². The number of benzene rings is 1. The first-order valence-corrected chi connectivity index (χ1v) is 6.20. The molecule has 2 N–H and O–H groups in total. The zero-order valence-electron chi connectivity index (χ0n) is 9.29. The number of carbonyl (C=O) groups is 1. The van der Waals surface area contributed by atoms with Gasteiger partial charge in [0.15, 0.2) is 0 Å². The van der Waals surface area contributed by atoms with Crippen LogP contribution in [0.4, 0.5) is 5.69 Å². The lowest BCUT2D eigenvalue weighted by Gasteiger charge is -2.07. The molecule has 0 spiro atoms. The third-order valence-electron chi connectivity index (χ3n) is 2.25. The van der Waals surface area contributed by atoms with Gasteiger partial charge in [-0.2, -0.15) is 0 Å². The van der Waals surface area contributed by atoms with Crippen LogP contribution in [0, 0.1) is 0 Å². The molecule has 3 nitrogen and oxygen atoms in total. The second kappa shape index (κ2) is 6.53. The summed E-state index contributed by atoms with van der Waals surface area (Å²) in [6, 6.07) is 5.14. The lowest BCUT2D eigenvalue weighted by Crippen LogP contribution is -2.03. The fraction of sp³-hybridized carbons (Fsp3) is 0.417. The Kier molecular flexibility index (Phi) is 5.32. The second-order valence-electron chi connectivity index (χ2n) is 3.67. The molecule has 0 saturated carbocycles. The fourth-order valence-corrected chi connectivity index (χ4v) is 1.92. The van der Waals surface area contributed by atoms with E-state index >= 15 is 0 Å². The van der Waals surface area contributed by atoms with Crippen LogP contribution >= 0.6 is 15.9 Å². The highest BCUT2D eigenvalue weighted by molar-refractivity contribution is 9.10. The molecule has 0 aliphatic rings. The van der Waals surface area contributed by atoms with Crippen molar-refractivity contribution in [3.63, 3.8) is 0 Å². The standard InChI is InChI=1S/C12H16BrNO2/c1-2-3-4-5-14-11-7-9(12(15)16)6-10(13)8-11/h6-8,14H,2-5H2,1H3,(H,15,16). The molecule has 0 saturated heterocycles. The van der Waals surface area contributed by atoms with Crippen LogP contribution in [0.2, 0.25) is 0 Å². The molecule has 88 valence electrons. The number of unbranched alkanes of at least 4 members (excludes halogenated alkanes) is 2. The Bertz CT molecular complexity index is 366. The summed E-state index contributed by atoms with van der Waals surface area (Å²) in [6.45, 7) is 3.03. The molecule has 0 unspecified atom stereocenters. The smallest absolute Gasteiger partial charge is 0.335 e. The van der Waals surface area contributed by atoms with Gasteiger partial charge in [0.1, 0.15) is 0 Å². The minimum absolute atomic E-state index is 0.298. The largest absolute Gasteiger partial charge is 0.478 e. The number of aromatic carboxylic acids is 1. The molecule has 1 aromatic carbocycles. The zero-order valence-corrected chi connectivity index (χ0v) is 10.9. The quantitative estimate of drug-likeness (QED) is 0.783. The molecule has 0 bridgehead atoms. The molecule has 0 radical (unpaired) electrons. The van der Waals surface area contributed by atoms with Crippen molar-refractivity contribution in [2.45, 2.75) is 26.2 Å². The number of nitrogens with one attached hydrogen (secondary N) is 1.